The molecule has 0 radical (unpaired) electrons. The zero-order valence-corrected chi connectivity index (χ0v) is 16.6. The van der Waals surface area contributed by atoms with Crippen LogP contribution >= 0.6 is 0 Å². The molecule has 0 spiro atoms. The number of hydrogen-bond acceptors (Lipinski definition) is 4. The van der Waals surface area contributed by atoms with Gasteiger partial charge in [0, 0.05) is 12.2 Å². The number of nitrogens with one attached hydrogen (secondary N) is 1. The smallest absolute Gasteiger partial charge is 0.322 e. The highest BCUT2D eigenvalue weighted by Gasteiger charge is 2.19. The second-order valence-electron chi connectivity index (χ2n) is 7.04. The number of hydrogen-bond donors (Lipinski definition) is 1. The van der Waals surface area contributed by atoms with Gasteiger partial charge >= 0.3 is 6.03 Å². The Labute approximate surface area is 170 Å². The molecule has 6 heteroatoms. The zero-order valence-electron chi connectivity index (χ0n) is 16.6. The second kappa shape index (κ2) is 8.31. The lowest BCUT2D eigenvalue weighted by Crippen LogP contribution is -2.34. The molecule has 0 aliphatic carbocycles. The molecule has 2 aromatic carbocycles. The minimum atomic E-state index is -0.190. The molecule has 1 aliphatic heterocycles. The van der Waals surface area contributed by atoms with Crippen molar-refractivity contribution < 1.29 is 18.7 Å². The first-order chi connectivity index (χ1) is 14.1. The Morgan fingerprint density at radius 1 is 1.00 bits per heavy atom. The van der Waals surface area contributed by atoms with Crippen molar-refractivity contribution in [1.82, 2.24) is 4.90 Å². The van der Waals surface area contributed by atoms with Crippen molar-refractivity contribution in [3.8, 4) is 11.5 Å². The Balaban J connectivity index is 1.54. The minimum Gasteiger partial charge on any atom is -0.464 e. The minimum absolute atomic E-state index is 0.190. The van der Waals surface area contributed by atoms with Crippen molar-refractivity contribution >= 4 is 11.7 Å². The van der Waals surface area contributed by atoms with Gasteiger partial charge in [-0.25, -0.2) is 4.79 Å². The number of anilines is 1. The largest absolute Gasteiger partial charge is 0.464 e. The molecule has 0 bridgehead atoms. The molecule has 0 fully saturated rings. The monoisotopic (exact) mass is 392 g/mol. The third-order valence-corrected chi connectivity index (χ3v) is 4.83. The highest BCUT2D eigenvalue weighted by atomic mass is 16.7. The third kappa shape index (κ3) is 4.54. The fraction of sp³-hybridized carbons (Fsp3) is 0.261. The molecular weight excluding hydrogens is 368 g/mol. The summed E-state index contributed by atoms with van der Waals surface area (Å²) in [4.78, 5) is 14.8. The standard InChI is InChI=1S/C23H24N2O4/c1-3-17-5-4-6-19(11-17)24-23(26)25(14-20-9-7-16(2)29-20)13-18-8-10-21-22(12-18)28-15-27-21/h4-12H,3,13-15H2,1-2H3,(H,24,26). The molecule has 0 unspecified atom stereocenters. The van der Waals surface area contributed by atoms with Crippen molar-refractivity contribution in [2.75, 3.05) is 12.1 Å². The molecule has 1 aliphatic rings. The van der Waals surface area contributed by atoms with Crippen LogP contribution in [0.1, 0.15) is 29.6 Å². The van der Waals surface area contributed by atoms with Crippen LogP contribution in [0.15, 0.2) is 59.0 Å². The van der Waals surface area contributed by atoms with Gasteiger partial charge in [0.2, 0.25) is 6.79 Å². The molecular formula is C23H24N2O4. The number of aryl methyl sites for hydroxylation is 2. The van der Waals surface area contributed by atoms with Gasteiger partial charge in [-0.05, 0) is 60.9 Å². The van der Waals surface area contributed by atoms with Crippen molar-refractivity contribution in [1.29, 1.82) is 0 Å². The van der Waals surface area contributed by atoms with E-state index in [1.54, 1.807) is 4.90 Å². The van der Waals surface area contributed by atoms with Crippen LogP contribution in [-0.2, 0) is 19.5 Å². The third-order valence-electron chi connectivity index (χ3n) is 4.83. The number of benzene rings is 2. The summed E-state index contributed by atoms with van der Waals surface area (Å²) in [6.45, 7) is 4.98. The summed E-state index contributed by atoms with van der Waals surface area (Å²) >= 11 is 0. The molecule has 150 valence electrons. The van der Waals surface area contributed by atoms with Crippen LogP contribution in [0.25, 0.3) is 0 Å². The van der Waals surface area contributed by atoms with E-state index in [4.69, 9.17) is 13.9 Å². The van der Waals surface area contributed by atoms with Gasteiger partial charge in [-0.15, -0.1) is 0 Å². The van der Waals surface area contributed by atoms with E-state index in [1.807, 2.05) is 61.5 Å². The number of carbonyl (C=O) groups is 1. The summed E-state index contributed by atoms with van der Waals surface area (Å²) in [6, 6.07) is 17.2. The summed E-state index contributed by atoms with van der Waals surface area (Å²) in [5.74, 6) is 2.98. The average Bonchev–Trinajstić information content (AvgIpc) is 3.35. The summed E-state index contributed by atoms with van der Waals surface area (Å²) in [5, 5.41) is 3.01. The fourth-order valence-electron chi connectivity index (χ4n) is 3.29. The number of carbonyl (C=O) groups excluding carboxylic acids is 1. The summed E-state index contributed by atoms with van der Waals surface area (Å²) < 4.78 is 16.5. The fourth-order valence-corrected chi connectivity index (χ4v) is 3.29. The quantitative estimate of drug-likeness (QED) is 0.633. The highest BCUT2D eigenvalue weighted by Crippen LogP contribution is 2.33. The number of furan rings is 1. The van der Waals surface area contributed by atoms with E-state index in [2.05, 4.69) is 12.2 Å². The van der Waals surface area contributed by atoms with Gasteiger partial charge in [0.25, 0.3) is 0 Å². The lowest BCUT2D eigenvalue weighted by atomic mass is 10.1. The molecule has 6 nitrogen and oxygen atoms in total. The summed E-state index contributed by atoms with van der Waals surface area (Å²) in [5.41, 5.74) is 2.91. The molecule has 1 aromatic heterocycles. The zero-order chi connectivity index (χ0) is 20.2. The van der Waals surface area contributed by atoms with E-state index in [-0.39, 0.29) is 12.8 Å². The molecule has 29 heavy (non-hydrogen) atoms. The van der Waals surface area contributed by atoms with Crippen molar-refractivity contribution in [3.63, 3.8) is 0 Å². The Morgan fingerprint density at radius 2 is 1.86 bits per heavy atom. The molecule has 4 rings (SSSR count). The topological polar surface area (TPSA) is 63.9 Å². The Kier molecular flexibility index (Phi) is 5.42. The Morgan fingerprint density at radius 3 is 2.66 bits per heavy atom. The summed E-state index contributed by atoms with van der Waals surface area (Å²) in [6.07, 6.45) is 0.913. The molecule has 0 saturated carbocycles. The number of amides is 2. The molecule has 0 saturated heterocycles. The first-order valence-electron chi connectivity index (χ1n) is 9.69. The number of nitrogens with zero attached hydrogens (tertiary/aromatic N) is 1. The van der Waals surface area contributed by atoms with Crippen LogP contribution in [-0.4, -0.2) is 17.7 Å². The van der Waals surface area contributed by atoms with Crippen molar-refractivity contribution in [2.45, 2.75) is 33.4 Å². The van der Waals surface area contributed by atoms with E-state index in [9.17, 15) is 4.79 Å². The molecule has 2 amide bonds. The van der Waals surface area contributed by atoms with Crippen LogP contribution in [0.5, 0.6) is 11.5 Å². The molecule has 3 aromatic rings. The van der Waals surface area contributed by atoms with Crippen LogP contribution in [0.2, 0.25) is 0 Å². The lowest BCUT2D eigenvalue weighted by Gasteiger charge is -2.23. The predicted molar refractivity (Wildman–Crippen MR) is 110 cm³/mol. The maximum Gasteiger partial charge on any atom is 0.322 e. The van der Waals surface area contributed by atoms with Crippen LogP contribution < -0.4 is 14.8 Å². The van der Waals surface area contributed by atoms with E-state index in [0.717, 1.165) is 34.9 Å². The average molecular weight is 392 g/mol. The SMILES string of the molecule is CCc1cccc(NC(=O)N(Cc2ccc3c(c2)OCO3)Cc2ccc(C)o2)c1. The van der Waals surface area contributed by atoms with Gasteiger partial charge in [-0.2, -0.15) is 0 Å². The normalized spacial score (nSPS) is 12.1. The predicted octanol–water partition coefficient (Wildman–Crippen LogP) is 5.11. The van der Waals surface area contributed by atoms with E-state index < -0.39 is 0 Å². The van der Waals surface area contributed by atoms with Gasteiger partial charge in [0.1, 0.15) is 11.5 Å². The first kappa shape index (κ1) is 18.9. The van der Waals surface area contributed by atoms with E-state index in [0.29, 0.717) is 18.8 Å². The van der Waals surface area contributed by atoms with E-state index in [1.165, 1.54) is 5.56 Å². The van der Waals surface area contributed by atoms with Gasteiger partial charge in [-0.1, -0.05) is 25.1 Å². The maximum absolute atomic E-state index is 13.1. The summed E-state index contributed by atoms with van der Waals surface area (Å²) in [7, 11) is 0. The van der Waals surface area contributed by atoms with Crippen LogP contribution in [0.3, 0.4) is 0 Å². The van der Waals surface area contributed by atoms with Crippen molar-refractivity contribution in [2.24, 2.45) is 0 Å². The van der Waals surface area contributed by atoms with Gasteiger partial charge in [0.15, 0.2) is 11.5 Å². The molecule has 1 N–H and O–H groups in total. The highest BCUT2D eigenvalue weighted by molar-refractivity contribution is 5.89. The molecule has 0 atom stereocenters. The number of urea groups is 1. The number of rotatable bonds is 6. The van der Waals surface area contributed by atoms with Crippen LogP contribution in [0.4, 0.5) is 10.5 Å². The maximum atomic E-state index is 13.1. The molecule has 2 heterocycles. The van der Waals surface area contributed by atoms with Gasteiger partial charge < -0.3 is 24.1 Å². The van der Waals surface area contributed by atoms with Crippen LogP contribution in [0, 0.1) is 6.92 Å². The van der Waals surface area contributed by atoms with Gasteiger partial charge in [0.05, 0.1) is 6.54 Å². The lowest BCUT2D eigenvalue weighted by molar-refractivity contribution is 0.174. The van der Waals surface area contributed by atoms with Crippen molar-refractivity contribution in [3.05, 3.63) is 77.2 Å². The first-order valence-corrected chi connectivity index (χ1v) is 9.69. The Bertz CT molecular complexity index is 1010. The Hall–Kier alpha value is -3.41. The van der Waals surface area contributed by atoms with Gasteiger partial charge in [-0.3, -0.25) is 0 Å². The number of ether oxygens (including phenoxy) is 2. The second-order valence-corrected chi connectivity index (χ2v) is 7.04. The van der Waals surface area contributed by atoms with E-state index >= 15 is 0 Å². The number of fused-ring (bicyclic) bond motifs is 1.